The van der Waals surface area contributed by atoms with Crippen LogP contribution in [-0.2, 0) is 5.54 Å². The predicted octanol–water partition coefficient (Wildman–Crippen LogP) is 2.20. The first-order valence-corrected chi connectivity index (χ1v) is 5.04. The van der Waals surface area contributed by atoms with Gasteiger partial charge in [-0.15, -0.1) is 11.3 Å². The predicted molar refractivity (Wildman–Crippen MR) is 52.9 cm³/mol. The molecule has 0 unspecified atom stereocenters. The van der Waals surface area contributed by atoms with Crippen molar-refractivity contribution in [2.24, 2.45) is 5.73 Å². The van der Waals surface area contributed by atoms with Crippen molar-refractivity contribution < 1.29 is 13.9 Å². The van der Waals surface area contributed by atoms with Crippen molar-refractivity contribution in [3.05, 3.63) is 21.3 Å². The van der Waals surface area contributed by atoms with E-state index in [-0.39, 0.29) is 4.88 Å². The normalized spacial score (nSPS) is 16.7. The topological polar surface area (TPSA) is 46.2 Å². The minimum absolute atomic E-state index is 0.251. The third-order valence-electron chi connectivity index (χ3n) is 2.04. The first-order chi connectivity index (χ1) is 6.31. The SMILES string of the molecule is C[C@@](N)(c1ccc(Cl)s1)C(F)(F)CO. The van der Waals surface area contributed by atoms with E-state index in [0.29, 0.717) is 4.34 Å². The van der Waals surface area contributed by atoms with Crippen molar-refractivity contribution in [3.63, 3.8) is 0 Å². The molecule has 0 aliphatic rings. The summed E-state index contributed by atoms with van der Waals surface area (Å²) in [5.74, 6) is -3.36. The van der Waals surface area contributed by atoms with Crippen LogP contribution in [0.2, 0.25) is 4.34 Å². The van der Waals surface area contributed by atoms with Gasteiger partial charge in [-0.2, -0.15) is 0 Å². The lowest BCUT2D eigenvalue weighted by molar-refractivity contribution is -0.107. The molecule has 80 valence electrons. The molecule has 0 radical (unpaired) electrons. The highest BCUT2D eigenvalue weighted by atomic mass is 35.5. The highest BCUT2D eigenvalue weighted by Gasteiger charge is 2.48. The number of thiophene rings is 1. The molecule has 1 heterocycles. The molecule has 0 aromatic carbocycles. The summed E-state index contributed by atoms with van der Waals surface area (Å²) < 4.78 is 26.8. The lowest BCUT2D eigenvalue weighted by Crippen LogP contribution is -2.52. The van der Waals surface area contributed by atoms with Crippen molar-refractivity contribution in [2.45, 2.75) is 18.4 Å². The molecule has 0 saturated heterocycles. The summed E-state index contributed by atoms with van der Waals surface area (Å²) >= 11 is 6.60. The lowest BCUT2D eigenvalue weighted by atomic mass is 9.93. The fourth-order valence-corrected chi connectivity index (χ4v) is 2.09. The molecule has 0 aliphatic carbocycles. The lowest BCUT2D eigenvalue weighted by Gasteiger charge is -2.31. The van der Waals surface area contributed by atoms with Crippen molar-refractivity contribution >= 4 is 22.9 Å². The zero-order chi connectivity index (χ0) is 11.0. The number of halogens is 3. The molecule has 1 atom stereocenters. The van der Waals surface area contributed by atoms with Crippen LogP contribution in [0.1, 0.15) is 11.8 Å². The van der Waals surface area contributed by atoms with Gasteiger partial charge in [-0.05, 0) is 19.1 Å². The molecule has 2 nitrogen and oxygen atoms in total. The molecule has 1 aromatic heterocycles. The Labute approximate surface area is 89.3 Å². The molecule has 1 aromatic rings. The molecule has 0 saturated carbocycles. The number of alkyl halides is 2. The maximum Gasteiger partial charge on any atom is 0.292 e. The zero-order valence-electron chi connectivity index (χ0n) is 7.43. The molecule has 0 amide bonds. The number of aliphatic hydroxyl groups excluding tert-OH is 1. The largest absolute Gasteiger partial charge is 0.390 e. The fourth-order valence-electron chi connectivity index (χ4n) is 0.938. The van der Waals surface area contributed by atoms with Gasteiger partial charge in [-0.1, -0.05) is 11.6 Å². The fraction of sp³-hybridized carbons (Fsp3) is 0.500. The summed E-state index contributed by atoms with van der Waals surface area (Å²) in [5, 5.41) is 8.54. The van der Waals surface area contributed by atoms with E-state index >= 15 is 0 Å². The second-order valence-corrected chi connectivity index (χ2v) is 4.88. The molecule has 0 bridgehead atoms. The first-order valence-electron chi connectivity index (χ1n) is 3.84. The molecular weight excluding hydrogens is 232 g/mol. The van der Waals surface area contributed by atoms with E-state index < -0.39 is 18.1 Å². The monoisotopic (exact) mass is 241 g/mol. The van der Waals surface area contributed by atoms with Gasteiger partial charge in [0.1, 0.15) is 12.1 Å². The molecule has 0 fully saturated rings. The van der Waals surface area contributed by atoms with Crippen molar-refractivity contribution in [1.29, 1.82) is 0 Å². The molecule has 6 heteroatoms. The van der Waals surface area contributed by atoms with Gasteiger partial charge in [0.2, 0.25) is 0 Å². The zero-order valence-corrected chi connectivity index (χ0v) is 9.00. The summed E-state index contributed by atoms with van der Waals surface area (Å²) in [5.41, 5.74) is 3.59. The average Bonchev–Trinajstić information content (AvgIpc) is 2.52. The molecule has 14 heavy (non-hydrogen) atoms. The standard InChI is InChI=1S/C8H10ClF2NOS/c1-7(12,8(10,11)4-13)5-2-3-6(9)14-5/h2-3,13H,4,12H2,1H3/t7-/m1/s1. The van der Waals surface area contributed by atoms with E-state index in [0.717, 1.165) is 11.3 Å². The van der Waals surface area contributed by atoms with E-state index in [4.69, 9.17) is 22.4 Å². The molecule has 0 spiro atoms. The average molecular weight is 242 g/mol. The summed E-state index contributed by atoms with van der Waals surface area (Å²) in [6.07, 6.45) is 0. The van der Waals surface area contributed by atoms with Gasteiger partial charge < -0.3 is 10.8 Å². The second-order valence-electron chi connectivity index (χ2n) is 3.17. The van der Waals surface area contributed by atoms with Gasteiger partial charge in [0, 0.05) is 4.88 Å². The Kier molecular flexibility index (Phi) is 3.16. The van der Waals surface area contributed by atoms with Crippen LogP contribution in [0.25, 0.3) is 0 Å². The van der Waals surface area contributed by atoms with Crippen LogP contribution in [0.4, 0.5) is 8.78 Å². The van der Waals surface area contributed by atoms with Gasteiger partial charge in [0.15, 0.2) is 0 Å². The third kappa shape index (κ3) is 1.91. The van der Waals surface area contributed by atoms with E-state index in [2.05, 4.69) is 0 Å². The number of nitrogens with two attached hydrogens (primary N) is 1. The Balaban J connectivity index is 3.07. The minimum atomic E-state index is -3.36. The van der Waals surface area contributed by atoms with Crippen molar-refractivity contribution in [1.82, 2.24) is 0 Å². The number of aliphatic hydroxyl groups is 1. The third-order valence-corrected chi connectivity index (χ3v) is 3.51. The quantitative estimate of drug-likeness (QED) is 0.852. The Morgan fingerprint density at radius 3 is 2.50 bits per heavy atom. The van der Waals surface area contributed by atoms with E-state index in [1.807, 2.05) is 0 Å². The Bertz CT molecular complexity index is 327. The van der Waals surface area contributed by atoms with Gasteiger partial charge in [-0.3, -0.25) is 0 Å². The van der Waals surface area contributed by atoms with Gasteiger partial charge in [-0.25, -0.2) is 8.78 Å². The van der Waals surface area contributed by atoms with Crippen LogP contribution in [0.5, 0.6) is 0 Å². The Hall–Kier alpha value is -0.230. The summed E-state index contributed by atoms with van der Waals surface area (Å²) in [7, 11) is 0. The number of rotatable bonds is 3. The second kappa shape index (κ2) is 3.73. The molecule has 1 rings (SSSR count). The number of hydrogen-bond donors (Lipinski definition) is 2. The molecular formula is C8H10ClF2NOS. The van der Waals surface area contributed by atoms with Crippen LogP contribution >= 0.6 is 22.9 Å². The summed E-state index contributed by atoms with van der Waals surface area (Å²) in [6.45, 7) is -0.110. The van der Waals surface area contributed by atoms with Crippen molar-refractivity contribution in [2.75, 3.05) is 6.61 Å². The van der Waals surface area contributed by atoms with Gasteiger partial charge >= 0.3 is 0 Å². The highest BCUT2D eigenvalue weighted by molar-refractivity contribution is 7.16. The number of hydrogen-bond acceptors (Lipinski definition) is 3. The molecule has 0 aliphatic heterocycles. The van der Waals surface area contributed by atoms with E-state index in [1.54, 1.807) is 0 Å². The minimum Gasteiger partial charge on any atom is -0.390 e. The first kappa shape index (κ1) is 11.8. The molecule has 3 N–H and O–H groups in total. The van der Waals surface area contributed by atoms with Gasteiger partial charge in [0.25, 0.3) is 5.92 Å². The summed E-state index contributed by atoms with van der Waals surface area (Å²) in [4.78, 5) is 0.251. The Morgan fingerprint density at radius 1 is 1.57 bits per heavy atom. The Morgan fingerprint density at radius 2 is 2.14 bits per heavy atom. The summed E-state index contributed by atoms with van der Waals surface area (Å²) in [6, 6.07) is 2.94. The maximum absolute atomic E-state index is 13.2. The highest BCUT2D eigenvalue weighted by Crippen LogP contribution is 2.39. The van der Waals surface area contributed by atoms with Crippen molar-refractivity contribution in [3.8, 4) is 0 Å². The van der Waals surface area contributed by atoms with Crippen LogP contribution in [0.3, 0.4) is 0 Å². The van der Waals surface area contributed by atoms with Crippen LogP contribution in [0, 0.1) is 0 Å². The smallest absolute Gasteiger partial charge is 0.292 e. The van der Waals surface area contributed by atoms with E-state index in [1.165, 1.54) is 19.1 Å². The van der Waals surface area contributed by atoms with Crippen LogP contribution in [0.15, 0.2) is 12.1 Å². The maximum atomic E-state index is 13.2. The van der Waals surface area contributed by atoms with Crippen LogP contribution < -0.4 is 5.73 Å². The van der Waals surface area contributed by atoms with E-state index in [9.17, 15) is 8.78 Å². The van der Waals surface area contributed by atoms with Gasteiger partial charge in [0.05, 0.1) is 4.34 Å². The van der Waals surface area contributed by atoms with Crippen LogP contribution in [-0.4, -0.2) is 17.6 Å².